The summed E-state index contributed by atoms with van der Waals surface area (Å²) in [4.78, 5) is 45.4. The van der Waals surface area contributed by atoms with Crippen LogP contribution in [0.2, 0.25) is 0 Å². The van der Waals surface area contributed by atoms with Crippen molar-refractivity contribution >= 4 is 23.9 Å². The van der Waals surface area contributed by atoms with Crippen LogP contribution >= 0.6 is 0 Å². The van der Waals surface area contributed by atoms with Crippen molar-refractivity contribution in [2.24, 2.45) is 0 Å². The lowest BCUT2D eigenvalue weighted by Gasteiger charge is -2.31. The fraction of sp³-hybridized carbons (Fsp3) is 0.429. The number of urea groups is 2. The minimum absolute atomic E-state index is 0.324. The highest BCUT2D eigenvalue weighted by atomic mass is 16.2. The lowest BCUT2D eigenvalue weighted by Crippen LogP contribution is -2.61. The van der Waals surface area contributed by atoms with Gasteiger partial charge in [-0.25, -0.2) is 19.4 Å². The summed E-state index contributed by atoms with van der Waals surface area (Å²) >= 11 is 0. The molecule has 1 rings (SSSR count). The van der Waals surface area contributed by atoms with E-state index in [9.17, 15) is 19.2 Å². The van der Waals surface area contributed by atoms with Crippen molar-refractivity contribution in [3.05, 3.63) is 0 Å². The van der Waals surface area contributed by atoms with E-state index in [1.165, 1.54) is 13.8 Å². The molecular weight excluding hydrogens is 190 g/mol. The Labute approximate surface area is 79.6 Å². The van der Waals surface area contributed by atoms with Crippen LogP contribution in [-0.2, 0) is 9.59 Å². The lowest BCUT2D eigenvalue weighted by molar-refractivity contribution is -0.132. The van der Waals surface area contributed by atoms with E-state index in [2.05, 4.69) is 0 Å². The monoisotopic (exact) mass is 199 g/mol. The first-order valence-electron chi connectivity index (χ1n) is 3.84. The van der Waals surface area contributed by atoms with E-state index < -0.39 is 23.9 Å². The van der Waals surface area contributed by atoms with E-state index in [0.717, 1.165) is 9.80 Å². The van der Waals surface area contributed by atoms with Crippen molar-refractivity contribution in [1.29, 1.82) is 0 Å². The second kappa shape index (κ2) is 3.44. The maximum Gasteiger partial charge on any atom is 0.333 e. The number of amides is 6. The summed E-state index contributed by atoms with van der Waals surface area (Å²) in [6.45, 7) is 2.02. The molecule has 0 aromatic heterocycles. The van der Waals surface area contributed by atoms with Crippen LogP contribution < -0.4 is 5.32 Å². The van der Waals surface area contributed by atoms with Crippen molar-refractivity contribution in [2.45, 2.75) is 13.8 Å². The zero-order chi connectivity index (χ0) is 10.9. The third-order valence-electron chi connectivity index (χ3n) is 1.75. The van der Waals surface area contributed by atoms with Gasteiger partial charge >= 0.3 is 12.1 Å². The van der Waals surface area contributed by atoms with Crippen LogP contribution in [-0.4, -0.2) is 40.3 Å². The van der Waals surface area contributed by atoms with Gasteiger partial charge in [-0.2, -0.15) is 0 Å². The van der Waals surface area contributed by atoms with Gasteiger partial charge in [-0.1, -0.05) is 0 Å². The van der Waals surface area contributed by atoms with Gasteiger partial charge in [0, 0.05) is 13.8 Å². The van der Waals surface area contributed by atoms with E-state index >= 15 is 0 Å². The number of carbonyl (C=O) groups excluding carboxylic acids is 4. The Morgan fingerprint density at radius 2 is 1.43 bits per heavy atom. The summed E-state index contributed by atoms with van der Waals surface area (Å²) in [6, 6.07) is -1.61. The van der Waals surface area contributed by atoms with Crippen molar-refractivity contribution in [1.82, 2.24) is 15.1 Å². The van der Waals surface area contributed by atoms with Crippen molar-refractivity contribution in [3.8, 4) is 0 Å². The molecule has 1 fully saturated rings. The van der Waals surface area contributed by atoms with Gasteiger partial charge in [0.05, 0.1) is 0 Å². The van der Waals surface area contributed by atoms with Gasteiger partial charge in [-0.05, 0) is 0 Å². The molecule has 1 aliphatic rings. The molecule has 0 saturated carbocycles. The first kappa shape index (κ1) is 10.2. The van der Waals surface area contributed by atoms with Gasteiger partial charge < -0.3 is 0 Å². The van der Waals surface area contributed by atoms with E-state index in [0.29, 0.717) is 0 Å². The molecule has 0 aromatic rings. The summed E-state index contributed by atoms with van der Waals surface area (Å²) in [7, 11) is 0. The first-order chi connectivity index (χ1) is 6.43. The summed E-state index contributed by atoms with van der Waals surface area (Å²) < 4.78 is 0. The minimum atomic E-state index is -0.806. The number of nitrogens with one attached hydrogen (secondary N) is 1. The Morgan fingerprint density at radius 3 is 1.71 bits per heavy atom. The quantitative estimate of drug-likeness (QED) is 0.568. The molecule has 76 valence electrons. The van der Waals surface area contributed by atoms with Gasteiger partial charge in [0.1, 0.15) is 6.67 Å². The molecular formula is C7H9N3O4. The molecule has 0 radical (unpaired) electrons. The van der Waals surface area contributed by atoms with Gasteiger partial charge in [-0.15, -0.1) is 0 Å². The molecule has 14 heavy (non-hydrogen) atoms. The highest BCUT2D eigenvalue weighted by molar-refractivity contribution is 6.07. The fourth-order valence-electron chi connectivity index (χ4n) is 0.981. The molecule has 0 aliphatic carbocycles. The van der Waals surface area contributed by atoms with E-state index in [1.807, 2.05) is 5.32 Å². The minimum Gasteiger partial charge on any atom is -0.275 e. The highest BCUT2D eigenvalue weighted by Gasteiger charge is 2.33. The Morgan fingerprint density at radius 1 is 1.07 bits per heavy atom. The number of carbonyl (C=O) groups is 4. The summed E-state index contributed by atoms with van der Waals surface area (Å²) in [6.07, 6.45) is 0. The second-order valence-corrected chi connectivity index (χ2v) is 2.77. The van der Waals surface area contributed by atoms with Gasteiger partial charge in [-0.3, -0.25) is 14.9 Å². The Kier molecular flexibility index (Phi) is 2.50. The number of nitrogens with zero attached hydrogens (tertiary/aromatic N) is 2. The predicted octanol–water partition coefficient (Wildman–Crippen LogP) is -0.516. The molecule has 0 bridgehead atoms. The average molecular weight is 199 g/mol. The lowest BCUT2D eigenvalue weighted by atomic mass is 10.4. The summed E-state index contributed by atoms with van der Waals surface area (Å²) in [5.74, 6) is -1.05. The van der Waals surface area contributed by atoms with E-state index in [1.54, 1.807) is 0 Å². The normalized spacial score (nSPS) is 16.7. The fourth-order valence-corrected chi connectivity index (χ4v) is 0.981. The molecule has 7 heteroatoms. The van der Waals surface area contributed by atoms with Crippen LogP contribution in [0, 0.1) is 0 Å². The third kappa shape index (κ3) is 1.70. The van der Waals surface area contributed by atoms with Crippen molar-refractivity contribution in [2.75, 3.05) is 6.67 Å². The molecule has 1 N–H and O–H groups in total. The smallest absolute Gasteiger partial charge is 0.275 e. The summed E-state index contributed by atoms with van der Waals surface area (Å²) in [5, 5.41) is 1.87. The van der Waals surface area contributed by atoms with Crippen LogP contribution in [0.4, 0.5) is 9.59 Å². The van der Waals surface area contributed by atoms with Crippen LogP contribution in [0.5, 0.6) is 0 Å². The first-order valence-corrected chi connectivity index (χ1v) is 3.84. The molecule has 7 nitrogen and oxygen atoms in total. The Balaban J connectivity index is 2.86. The number of imide groups is 3. The third-order valence-corrected chi connectivity index (χ3v) is 1.75. The Hall–Kier alpha value is -1.92. The Bertz CT molecular complexity index is 295. The largest absolute Gasteiger partial charge is 0.333 e. The van der Waals surface area contributed by atoms with Crippen molar-refractivity contribution in [3.63, 3.8) is 0 Å². The zero-order valence-corrected chi connectivity index (χ0v) is 7.73. The molecule has 1 aliphatic heterocycles. The molecule has 6 amide bonds. The van der Waals surface area contributed by atoms with Crippen molar-refractivity contribution < 1.29 is 19.2 Å². The maximum absolute atomic E-state index is 11.0. The molecule has 0 unspecified atom stereocenters. The predicted molar refractivity (Wildman–Crippen MR) is 43.8 cm³/mol. The molecule has 1 saturated heterocycles. The molecule has 0 atom stereocenters. The van der Waals surface area contributed by atoms with Crippen LogP contribution in [0.15, 0.2) is 0 Å². The standard InChI is InChI=1S/C7H9N3O4/c1-4(11)9-3-10(5(2)12)7(14)8-6(9)13/h3H2,1-2H3,(H,8,13,14). The van der Waals surface area contributed by atoms with Crippen LogP contribution in [0.25, 0.3) is 0 Å². The maximum atomic E-state index is 11.0. The molecule has 1 heterocycles. The van der Waals surface area contributed by atoms with Crippen LogP contribution in [0.3, 0.4) is 0 Å². The highest BCUT2D eigenvalue weighted by Crippen LogP contribution is 2.03. The zero-order valence-electron chi connectivity index (χ0n) is 7.73. The topological polar surface area (TPSA) is 86.8 Å². The second-order valence-electron chi connectivity index (χ2n) is 2.77. The van der Waals surface area contributed by atoms with Gasteiger partial charge in [0.2, 0.25) is 11.8 Å². The van der Waals surface area contributed by atoms with E-state index in [4.69, 9.17) is 0 Å². The number of hydrogen-bond donors (Lipinski definition) is 1. The average Bonchev–Trinajstić information content (AvgIpc) is 2.02. The van der Waals surface area contributed by atoms with Gasteiger partial charge in [0.15, 0.2) is 0 Å². The molecule has 0 spiro atoms. The molecule has 0 aromatic carbocycles. The number of hydrogen-bond acceptors (Lipinski definition) is 4. The number of rotatable bonds is 0. The van der Waals surface area contributed by atoms with Crippen LogP contribution in [0.1, 0.15) is 13.8 Å². The summed E-state index contributed by atoms with van der Waals surface area (Å²) in [5.41, 5.74) is 0. The van der Waals surface area contributed by atoms with E-state index in [-0.39, 0.29) is 6.67 Å². The SMILES string of the molecule is CC(=O)N1CN(C(C)=O)C(=O)NC1=O. The van der Waals surface area contributed by atoms with Gasteiger partial charge in [0.25, 0.3) is 0 Å².